The van der Waals surface area contributed by atoms with Gasteiger partial charge in [0.1, 0.15) is 5.82 Å². The van der Waals surface area contributed by atoms with E-state index >= 15 is 0 Å². The van der Waals surface area contributed by atoms with Gasteiger partial charge in [-0.3, -0.25) is 4.90 Å². The van der Waals surface area contributed by atoms with Crippen molar-refractivity contribution < 1.29 is 0 Å². The van der Waals surface area contributed by atoms with Gasteiger partial charge in [-0.2, -0.15) is 0 Å². The Bertz CT molecular complexity index is 1180. The van der Waals surface area contributed by atoms with Crippen LogP contribution in [0.1, 0.15) is 56.4 Å². The van der Waals surface area contributed by atoms with Gasteiger partial charge in [-0.1, -0.05) is 117 Å². The Morgan fingerprint density at radius 2 is 1.43 bits per heavy atom. The van der Waals surface area contributed by atoms with Gasteiger partial charge in [0.15, 0.2) is 0 Å². The van der Waals surface area contributed by atoms with E-state index in [9.17, 15) is 0 Å². The van der Waals surface area contributed by atoms with E-state index in [1.165, 1.54) is 40.8 Å². The second kappa shape index (κ2) is 12.5. The molecule has 3 heteroatoms. The molecule has 0 unspecified atom stereocenters. The molecule has 0 fully saturated rings. The van der Waals surface area contributed by atoms with E-state index in [1.807, 2.05) is 0 Å². The molecule has 0 radical (unpaired) electrons. The van der Waals surface area contributed by atoms with Gasteiger partial charge in [-0.15, -0.1) is 0 Å². The topological polar surface area (TPSA) is 21.1 Å². The summed E-state index contributed by atoms with van der Waals surface area (Å²) in [5, 5.41) is 0. The molecule has 4 rings (SSSR count). The molecule has 0 aliphatic heterocycles. The normalized spacial score (nSPS) is 11.3. The van der Waals surface area contributed by atoms with Crippen molar-refractivity contribution in [1.29, 1.82) is 0 Å². The average molecular weight is 466 g/mol. The van der Waals surface area contributed by atoms with E-state index in [4.69, 9.17) is 4.98 Å². The molecule has 1 aromatic heterocycles. The van der Waals surface area contributed by atoms with Crippen LogP contribution in [0.4, 0.5) is 0 Å². The van der Waals surface area contributed by atoms with E-state index in [0.717, 1.165) is 50.5 Å². The van der Waals surface area contributed by atoms with Crippen molar-refractivity contribution in [2.24, 2.45) is 0 Å². The quantitative estimate of drug-likeness (QED) is 0.211. The number of unbranched alkanes of at least 4 members (excludes halogenated alkanes) is 2. The van der Waals surface area contributed by atoms with Crippen LogP contribution in [0, 0.1) is 6.92 Å². The molecule has 4 aromatic rings. The Hall–Kier alpha value is -3.17. The third-order valence-electron chi connectivity index (χ3n) is 6.58. The zero-order chi connectivity index (χ0) is 24.5. The number of aryl methyl sites for hydroxylation is 1. The highest BCUT2D eigenvalue weighted by atomic mass is 15.2. The molecule has 0 aliphatic carbocycles. The number of imidazole rings is 1. The summed E-state index contributed by atoms with van der Waals surface area (Å²) in [6, 6.07) is 30.3. The highest BCUT2D eigenvalue weighted by Gasteiger charge is 2.21. The molecule has 35 heavy (non-hydrogen) atoms. The van der Waals surface area contributed by atoms with Crippen LogP contribution in [0.25, 0.3) is 22.6 Å². The molecule has 0 spiro atoms. The minimum Gasteiger partial charge on any atom is -0.326 e. The first-order valence-electron chi connectivity index (χ1n) is 13.2. The lowest BCUT2D eigenvalue weighted by atomic mass is 10.1. The molecular formula is C32H39N3. The summed E-state index contributed by atoms with van der Waals surface area (Å²) >= 11 is 0. The fourth-order valence-corrected chi connectivity index (χ4v) is 4.71. The van der Waals surface area contributed by atoms with Gasteiger partial charge in [0.05, 0.1) is 11.4 Å². The van der Waals surface area contributed by atoms with Crippen LogP contribution in [0.2, 0.25) is 0 Å². The summed E-state index contributed by atoms with van der Waals surface area (Å²) in [7, 11) is 0. The van der Waals surface area contributed by atoms with Crippen LogP contribution in [0.3, 0.4) is 0 Å². The minimum atomic E-state index is 0.891. The number of aromatic nitrogens is 2. The van der Waals surface area contributed by atoms with Gasteiger partial charge in [0, 0.05) is 30.8 Å². The van der Waals surface area contributed by atoms with Gasteiger partial charge in [-0.25, -0.2) is 4.98 Å². The summed E-state index contributed by atoms with van der Waals surface area (Å²) in [6.45, 7) is 10.6. The van der Waals surface area contributed by atoms with E-state index in [0.29, 0.717) is 0 Å². The van der Waals surface area contributed by atoms with Crippen molar-refractivity contribution in [2.45, 2.75) is 66.1 Å². The van der Waals surface area contributed by atoms with Gasteiger partial charge >= 0.3 is 0 Å². The standard InChI is InChI=1S/C32H39N3/c1-4-6-21-34(24-27-16-14-15-26(3)23-27)25-30-31(28-17-10-8-11-18-28)33-32(35(30)22-7-5-2)29-19-12-9-13-20-29/h8-20,23H,4-7,21-22,24-25H2,1-3H3. The van der Waals surface area contributed by atoms with Crippen LogP contribution >= 0.6 is 0 Å². The van der Waals surface area contributed by atoms with Gasteiger partial charge in [-0.05, 0) is 31.9 Å². The zero-order valence-corrected chi connectivity index (χ0v) is 21.6. The maximum atomic E-state index is 5.29. The van der Waals surface area contributed by atoms with Crippen LogP contribution in [-0.2, 0) is 19.6 Å². The number of hydrogen-bond donors (Lipinski definition) is 0. The van der Waals surface area contributed by atoms with Crippen molar-refractivity contribution >= 4 is 0 Å². The summed E-state index contributed by atoms with van der Waals surface area (Å²) in [6.07, 6.45) is 4.70. The van der Waals surface area contributed by atoms with Gasteiger partial charge < -0.3 is 4.57 Å². The first-order chi connectivity index (χ1) is 17.2. The third-order valence-corrected chi connectivity index (χ3v) is 6.58. The lowest BCUT2D eigenvalue weighted by Gasteiger charge is -2.24. The predicted octanol–water partition coefficient (Wildman–Crippen LogP) is 8.13. The Balaban J connectivity index is 1.79. The molecule has 0 amide bonds. The molecule has 0 bridgehead atoms. The Morgan fingerprint density at radius 1 is 0.743 bits per heavy atom. The Labute approximate surface area is 211 Å². The fraction of sp³-hybridized carbons (Fsp3) is 0.344. The second-order valence-corrected chi connectivity index (χ2v) is 9.52. The molecule has 3 aromatic carbocycles. The largest absolute Gasteiger partial charge is 0.326 e. The molecule has 0 aliphatic rings. The number of rotatable bonds is 12. The number of hydrogen-bond acceptors (Lipinski definition) is 2. The maximum absolute atomic E-state index is 5.29. The van der Waals surface area contributed by atoms with Crippen LogP contribution in [0.15, 0.2) is 84.9 Å². The zero-order valence-electron chi connectivity index (χ0n) is 21.6. The average Bonchev–Trinajstić information content (AvgIpc) is 3.25. The van der Waals surface area contributed by atoms with E-state index in [1.54, 1.807) is 0 Å². The third kappa shape index (κ3) is 6.49. The van der Waals surface area contributed by atoms with E-state index < -0.39 is 0 Å². The summed E-state index contributed by atoms with van der Waals surface area (Å²) < 4.78 is 2.50. The number of nitrogens with zero attached hydrogens (tertiary/aromatic N) is 3. The summed E-state index contributed by atoms with van der Waals surface area (Å²) in [5.74, 6) is 1.08. The van der Waals surface area contributed by atoms with Crippen molar-refractivity contribution in [3.8, 4) is 22.6 Å². The number of benzene rings is 3. The molecular weight excluding hydrogens is 426 g/mol. The van der Waals surface area contributed by atoms with E-state index in [2.05, 4.69) is 115 Å². The first-order valence-corrected chi connectivity index (χ1v) is 13.2. The van der Waals surface area contributed by atoms with Crippen molar-refractivity contribution in [3.63, 3.8) is 0 Å². The Morgan fingerprint density at radius 3 is 2.09 bits per heavy atom. The summed E-state index contributed by atoms with van der Waals surface area (Å²) in [5.41, 5.74) is 7.53. The smallest absolute Gasteiger partial charge is 0.140 e. The summed E-state index contributed by atoms with van der Waals surface area (Å²) in [4.78, 5) is 7.90. The molecule has 0 saturated heterocycles. The SMILES string of the molecule is CCCCN(Cc1cccc(C)c1)Cc1c(-c2ccccc2)nc(-c2ccccc2)n1CCCC. The minimum absolute atomic E-state index is 0.891. The molecule has 0 N–H and O–H groups in total. The van der Waals surface area contributed by atoms with E-state index in [-0.39, 0.29) is 0 Å². The molecule has 3 nitrogen and oxygen atoms in total. The lowest BCUT2D eigenvalue weighted by molar-refractivity contribution is 0.246. The van der Waals surface area contributed by atoms with Crippen molar-refractivity contribution in [2.75, 3.05) is 6.54 Å². The fourth-order valence-electron chi connectivity index (χ4n) is 4.71. The van der Waals surface area contributed by atoms with Crippen LogP contribution in [0.5, 0.6) is 0 Å². The van der Waals surface area contributed by atoms with Crippen molar-refractivity contribution in [3.05, 3.63) is 102 Å². The predicted molar refractivity (Wildman–Crippen MR) is 148 cm³/mol. The lowest BCUT2D eigenvalue weighted by Crippen LogP contribution is -2.26. The maximum Gasteiger partial charge on any atom is 0.140 e. The van der Waals surface area contributed by atoms with Gasteiger partial charge in [0.2, 0.25) is 0 Å². The Kier molecular flexibility index (Phi) is 8.91. The molecule has 182 valence electrons. The monoisotopic (exact) mass is 465 g/mol. The first kappa shape index (κ1) is 24.9. The highest BCUT2D eigenvalue weighted by Crippen LogP contribution is 2.31. The molecule has 0 saturated carbocycles. The van der Waals surface area contributed by atoms with Crippen molar-refractivity contribution in [1.82, 2.24) is 14.5 Å². The highest BCUT2D eigenvalue weighted by molar-refractivity contribution is 5.68. The molecule has 1 heterocycles. The second-order valence-electron chi connectivity index (χ2n) is 9.52. The van der Waals surface area contributed by atoms with Crippen LogP contribution < -0.4 is 0 Å². The van der Waals surface area contributed by atoms with Crippen LogP contribution in [-0.4, -0.2) is 21.0 Å². The molecule has 0 atom stereocenters. The van der Waals surface area contributed by atoms with Gasteiger partial charge in [0.25, 0.3) is 0 Å².